The quantitative estimate of drug-likeness (QED) is 0.810. The van der Waals surface area contributed by atoms with Gasteiger partial charge in [0.2, 0.25) is 11.7 Å². The molecule has 7 nitrogen and oxygen atoms in total. The number of likely N-dealkylation sites (N-methyl/N-ethyl adjacent to an activating group) is 1. The Balaban J connectivity index is 1.97. The molecule has 0 aliphatic heterocycles. The van der Waals surface area contributed by atoms with Crippen LogP contribution < -0.4 is 0 Å². The lowest BCUT2D eigenvalue weighted by atomic mass is 10.3. The third kappa shape index (κ3) is 3.61. The molecule has 0 radical (unpaired) electrons. The molecule has 0 aromatic carbocycles. The first-order valence-electron chi connectivity index (χ1n) is 6.43. The van der Waals surface area contributed by atoms with Crippen LogP contribution in [0.3, 0.4) is 0 Å². The van der Waals surface area contributed by atoms with Gasteiger partial charge in [-0.1, -0.05) is 0 Å². The van der Waals surface area contributed by atoms with Crippen LogP contribution in [0.1, 0.15) is 13.3 Å². The molecule has 0 spiro atoms. The summed E-state index contributed by atoms with van der Waals surface area (Å²) in [6.07, 6.45) is 0.574. The van der Waals surface area contributed by atoms with E-state index >= 15 is 0 Å². The summed E-state index contributed by atoms with van der Waals surface area (Å²) in [4.78, 5) is 15.0. The Morgan fingerprint density at radius 1 is 1.55 bits per heavy atom. The lowest BCUT2D eigenvalue weighted by Gasteiger charge is -2.19. The van der Waals surface area contributed by atoms with Gasteiger partial charge in [-0.3, -0.25) is 4.79 Å². The van der Waals surface area contributed by atoms with Gasteiger partial charge in [0, 0.05) is 30.6 Å². The Labute approximate surface area is 120 Å². The van der Waals surface area contributed by atoms with Crippen LogP contribution in [0.2, 0.25) is 0 Å². The minimum absolute atomic E-state index is 0.0659. The zero-order chi connectivity index (χ0) is 14.4. The highest BCUT2D eigenvalue weighted by atomic mass is 32.1. The maximum absolute atomic E-state index is 12.1. The fourth-order valence-corrected chi connectivity index (χ4v) is 2.39. The van der Waals surface area contributed by atoms with Crippen LogP contribution in [0, 0.1) is 0 Å². The van der Waals surface area contributed by atoms with Gasteiger partial charge in [0.05, 0.1) is 0 Å². The number of amides is 1. The molecule has 2 aromatic heterocycles. The van der Waals surface area contributed by atoms with Crippen LogP contribution in [0.15, 0.2) is 16.8 Å². The van der Waals surface area contributed by atoms with Gasteiger partial charge in [0.25, 0.3) is 0 Å². The average molecular weight is 295 g/mol. The minimum atomic E-state index is -0.0739. The van der Waals surface area contributed by atoms with Crippen LogP contribution in [-0.4, -0.2) is 55.8 Å². The first-order valence-corrected chi connectivity index (χ1v) is 7.38. The first-order chi connectivity index (χ1) is 9.74. The number of tetrazole rings is 1. The number of hydrogen-bond acceptors (Lipinski definition) is 6. The number of carbonyl (C=O) groups excluding carboxylic acids is 1. The molecule has 2 heterocycles. The third-order valence-corrected chi connectivity index (χ3v) is 3.51. The highest BCUT2D eigenvalue weighted by Crippen LogP contribution is 2.16. The maximum Gasteiger partial charge on any atom is 0.246 e. The van der Waals surface area contributed by atoms with E-state index in [4.69, 9.17) is 5.11 Å². The minimum Gasteiger partial charge on any atom is -0.396 e. The summed E-state index contributed by atoms with van der Waals surface area (Å²) < 4.78 is 0. The summed E-state index contributed by atoms with van der Waals surface area (Å²) >= 11 is 1.56. The molecule has 0 unspecified atom stereocenters. The van der Waals surface area contributed by atoms with Crippen molar-refractivity contribution in [3.63, 3.8) is 0 Å². The number of hydrogen-bond donors (Lipinski definition) is 1. The van der Waals surface area contributed by atoms with Crippen molar-refractivity contribution in [2.45, 2.75) is 19.9 Å². The molecule has 20 heavy (non-hydrogen) atoms. The largest absolute Gasteiger partial charge is 0.396 e. The van der Waals surface area contributed by atoms with Crippen LogP contribution in [0.5, 0.6) is 0 Å². The van der Waals surface area contributed by atoms with Gasteiger partial charge in [-0.25, -0.2) is 0 Å². The van der Waals surface area contributed by atoms with Crippen LogP contribution in [-0.2, 0) is 11.3 Å². The molecule has 108 valence electrons. The molecule has 0 fully saturated rings. The van der Waals surface area contributed by atoms with Gasteiger partial charge in [-0.15, -0.1) is 10.2 Å². The molecule has 0 saturated heterocycles. The second kappa shape index (κ2) is 7.11. The Morgan fingerprint density at radius 2 is 2.40 bits per heavy atom. The number of rotatable bonds is 7. The van der Waals surface area contributed by atoms with Crippen LogP contribution >= 0.6 is 11.3 Å². The molecular weight excluding hydrogens is 278 g/mol. The Bertz CT molecular complexity index is 540. The SMILES string of the molecule is CCN(CCCO)C(=O)Cn1nnc(-c2ccsc2)n1. The van der Waals surface area contributed by atoms with Gasteiger partial charge >= 0.3 is 0 Å². The predicted molar refractivity (Wildman–Crippen MR) is 75.1 cm³/mol. The van der Waals surface area contributed by atoms with E-state index in [1.165, 1.54) is 4.80 Å². The second-order valence-corrected chi connectivity index (χ2v) is 4.99. The number of aliphatic hydroxyl groups excluding tert-OH is 1. The number of carbonyl (C=O) groups is 1. The van der Waals surface area contributed by atoms with Crippen molar-refractivity contribution in [2.24, 2.45) is 0 Å². The van der Waals surface area contributed by atoms with Gasteiger partial charge in [0.15, 0.2) is 0 Å². The van der Waals surface area contributed by atoms with Crippen molar-refractivity contribution in [3.8, 4) is 11.4 Å². The van der Waals surface area contributed by atoms with Crippen molar-refractivity contribution in [1.82, 2.24) is 25.1 Å². The standard InChI is InChI=1S/C12H17N5O2S/c1-2-16(5-3-6-18)11(19)8-17-14-12(13-15-17)10-4-7-20-9-10/h4,7,9,18H,2-3,5-6,8H2,1H3. The Kier molecular flexibility index (Phi) is 5.19. The van der Waals surface area contributed by atoms with Crippen molar-refractivity contribution >= 4 is 17.2 Å². The average Bonchev–Trinajstić information content (AvgIpc) is 3.09. The fourth-order valence-electron chi connectivity index (χ4n) is 1.76. The molecular formula is C12H17N5O2S. The molecule has 0 aliphatic rings. The van der Waals surface area contributed by atoms with Crippen molar-refractivity contribution < 1.29 is 9.90 Å². The second-order valence-electron chi connectivity index (χ2n) is 4.21. The Hall–Kier alpha value is -1.80. The molecule has 2 rings (SSSR count). The van der Waals surface area contributed by atoms with Gasteiger partial charge in [0.1, 0.15) is 6.54 Å². The van der Waals surface area contributed by atoms with Gasteiger partial charge in [-0.05, 0) is 30.0 Å². The molecule has 8 heteroatoms. The van der Waals surface area contributed by atoms with Crippen LogP contribution in [0.25, 0.3) is 11.4 Å². The molecule has 0 saturated carbocycles. The van der Waals surface area contributed by atoms with Crippen molar-refractivity contribution in [1.29, 1.82) is 0 Å². The predicted octanol–water partition coefficient (Wildman–Crippen LogP) is 0.632. The summed E-state index contributed by atoms with van der Waals surface area (Å²) in [6.45, 7) is 3.19. The summed E-state index contributed by atoms with van der Waals surface area (Å²) in [6, 6.07) is 1.91. The zero-order valence-corrected chi connectivity index (χ0v) is 12.1. The molecule has 0 bridgehead atoms. The number of thiophene rings is 1. The highest BCUT2D eigenvalue weighted by molar-refractivity contribution is 7.08. The summed E-state index contributed by atoms with van der Waals surface area (Å²) in [5, 5.41) is 24.7. The normalized spacial score (nSPS) is 10.7. The van der Waals surface area contributed by atoms with Gasteiger partial charge < -0.3 is 10.0 Å². The Morgan fingerprint density at radius 3 is 3.05 bits per heavy atom. The van der Waals surface area contributed by atoms with E-state index in [0.29, 0.717) is 25.3 Å². The fraction of sp³-hybridized carbons (Fsp3) is 0.500. The molecule has 0 aliphatic carbocycles. The van der Waals surface area contributed by atoms with Crippen molar-refractivity contribution in [2.75, 3.05) is 19.7 Å². The van der Waals surface area contributed by atoms with Crippen molar-refractivity contribution in [3.05, 3.63) is 16.8 Å². The molecule has 0 atom stereocenters. The lowest BCUT2D eigenvalue weighted by molar-refractivity contribution is -0.132. The molecule has 1 N–H and O–H groups in total. The smallest absolute Gasteiger partial charge is 0.246 e. The van der Waals surface area contributed by atoms with E-state index in [9.17, 15) is 4.79 Å². The summed E-state index contributed by atoms with van der Waals surface area (Å²) in [7, 11) is 0. The molecule has 1 amide bonds. The van der Waals surface area contributed by atoms with E-state index in [-0.39, 0.29) is 19.1 Å². The summed E-state index contributed by atoms with van der Waals surface area (Å²) in [5.41, 5.74) is 0.904. The van der Waals surface area contributed by atoms with E-state index in [2.05, 4.69) is 15.4 Å². The highest BCUT2D eigenvalue weighted by Gasteiger charge is 2.14. The number of nitrogens with zero attached hydrogens (tertiary/aromatic N) is 5. The first kappa shape index (κ1) is 14.6. The zero-order valence-electron chi connectivity index (χ0n) is 11.3. The van der Waals surface area contributed by atoms with E-state index in [0.717, 1.165) is 5.56 Å². The molecule has 2 aromatic rings. The third-order valence-electron chi connectivity index (χ3n) is 2.83. The lowest BCUT2D eigenvalue weighted by Crippen LogP contribution is -2.35. The van der Waals surface area contributed by atoms with E-state index < -0.39 is 0 Å². The number of aliphatic hydroxyl groups is 1. The van der Waals surface area contributed by atoms with Crippen LogP contribution in [0.4, 0.5) is 0 Å². The number of aromatic nitrogens is 4. The monoisotopic (exact) mass is 295 g/mol. The van der Waals surface area contributed by atoms with E-state index in [1.54, 1.807) is 16.2 Å². The van der Waals surface area contributed by atoms with E-state index in [1.807, 2.05) is 23.8 Å². The van der Waals surface area contributed by atoms with Gasteiger partial charge in [-0.2, -0.15) is 16.1 Å². The summed E-state index contributed by atoms with van der Waals surface area (Å²) in [5.74, 6) is 0.452. The maximum atomic E-state index is 12.1. The topological polar surface area (TPSA) is 84.1 Å².